The zero-order valence-electron chi connectivity index (χ0n) is 18.6. The van der Waals surface area contributed by atoms with Crippen LogP contribution in [0.3, 0.4) is 0 Å². The Morgan fingerprint density at radius 1 is 1.11 bits per heavy atom. The van der Waals surface area contributed by atoms with Crippen molar-refractivity contribution in [2.45, 2.75) is 19.3 Å². The molecule has 11 nitrogen and oxygen atoms in total. The molecule has 1 N–H and O–H groups in total. The Labute approximate surface area is 200 Å². The molecule has 184 valence electrons. The average molecular weight is 498 g/mol. The number of benzene rings is 1. The number of rotatable bonds is 7. The zero-order chi connectivity index (χ0) is 25.3. The molecule has 0 aliphatic carbocycles. The third-order valence-electron chi connectivity index (χ3n) is 5.32. The minimum atomic E-state index is -4.48. The molecule has 5 rings (SSSR count). The normalized spacial score (nSPS) is 11.7. The second kappa shape index (κ2) is 9.13. The van der Waals surface area contributed by atoms with E-state index in [0.29, 0.717) is 35.4 Å². The van der Waals surface area contributed by atoms with E-state index in [2.05, 4.69) is 30.4 Å². The summed E-state index contributed by atoms with van der Waals surface area (Å²) in [5.41, 5.74) is 1.50. The van der Waals surface area contributed by atoms with Crippen molar-refractivity contribution < 1.29 is 22.4 Å². The summed E-state index contributed by atoms with van der Waals surface area (Å²) in [6.45, 7) is 0.323. The second-order valence-corrected chi connectivity index (χ2v) is 7.71. The molecule has 0 unspecified atom stereocenters. The number of pyridine rings is 1. The van der Waals surface area contributed by atoms with Crippen LogP contribution in [0.2, 0.25) is 0 Å². The molecule has 5 aromatic rings. The number of alkyl halides is 3. The highest BCUT2D eigenvalue weighted by Crippen LogP contribution is 2.30. The predicted molar refractivity (Wildman–Crippen MR) is 117 cm³/mol. The molecule has 1 aromatic carbocycles. The number of H-pyrrole nitrogens is 1. The van der Waals surface area contributed by atoms with Gasteiger partial charge >= 0.3 is 11.9 Å². The lowest BCUT2D eigenvalue weighted by Gasteiger charge is -2.09. The topological polar surface area (TPSA) is 130 Å². The van der Waals surface area contributed by atoms with Gasteiger partial charge in [-0.2, -0.15) is 28.4 Å². The number of aryl methyl sites for hydroxylation is 1. The van der Waals surface area contributed by atoms with E-state index in [9.17, 15) is 18.0 Å². The van der Waals surface area contributed by atoms with Crippen LogP contribution in [0.4, 0.5) is 13.2 Å². The number of aromatic amines is 1. The summed E-state index contributed by atoms with van der Waals surface area (Å²) in [4.78, 5) is 19.8. The largest absolute Gasteiger partial charge is 0.471 e. The fraction of sp³-hybridized carbons (Fsp3) is 0.182. The molecule has 4 aromatic heterocycles. The van der Waals surface area contributed by atoms with Gasteiger partial charge in [0.25, 0.3) is 5.89 Å². The highest BCUT2D eigenvalue weighted by atomic mass is 19.4. The van der Waals surface area contributed by atoms with Crippen LogP contribution < -0.4 is 10.4 Å². The number of halogens is 3. The fourth-order valence-corrected chi connectivity index (χ4v) is 3.38. The summed E-state index contributed by atoms with van der Waals surface area (Å²) < 4.78 is 52.1. The van der Waals surface area contributed by atoms with Gasteiger partial charge < -0.3 is 9.26 Å². The first-order chi connectivity index (χ1) is 17.3. The Bertz CT molecular complexity index is 1530. The van der Waals surface area contributed by atoms with Crippen LogP contribution in [0.25, 0.3) is 22.8 Å². The molecule has 0 bridgehead atoms. The first-order valence-electron chi connectivity index (χ1n) is 10.5. The summed E-state index contributed by atoms with van der Waals surface area (Å²) in [5, 5.41) is 14.3. The van der Waals surface area contributed by atoms with Gasteiger partial charge in [-0.05, 0) is 11.6 Å². The van der Waals surface area contributed by atoms with Crippen molar-refractivity contribution in [1.82, 2.24) is 39.7 Å². The fourth-order valence-electron chi connectivity index (χ4n) is 3.38. The van der Waals surface area contributed by atoms with Crippen LogP contribution in [-0.4, -0.2) is 39.7 Å². The Balaban J connectivity index is 1.30. The van der Waals surface area contributed by atoms with E-state index in [1.165, 1.54) is 21.8 Å². The van der Waals surface area contributed by atoms with E-state index >= 15 is 0 Å². The first-order valence-corrected chi connectivity index (χ1v) is 10.5. The van der Waals surface area contributed by atoms with Gasteiger partial charge in [-0.15, -0.1) is 0 Å². The molecule has 0 saturated heterocycles. The Hall–Kier alpha value is -4.75. The van der Waals surface area contributed by atoms with E-state index < -0.39 is 11.7 Å². The van der Waals surface area contributed by atoms with Crippen LogP contribution in [-0.2, 0) is 26.4 Å². The zero-order valence-corrected chi connectivity index (χ0v) is 18.6. The van der Waals surface area contributed by atoms with E-state index in [4.69, 9.17) is 9.26 Å². The summed E-state index contributed by atoms with van der Waals surface area (Å²) in [6, 6.07) is 9.33. The van der Waals surface area contributed by atoms with Gasteiger partial charge in [0.2, 0.25) is 11.7 Å². The third kappa shape index (κ3) is 4.73. The summed E-state index contributed by atoms with van der Waals surface area (Å²) in [5.74, 6) is 0.572. The van der Waals surface area contributed by atoms with Crippen molar-refractivity contribution in [3.8, 4) is 28.7 Å². The summed E-state index contributed by atoms with van der Waals surface area (Å²) >= 11 is 0. The second-order valence-electron chi connectivity index (χ2n) is 7.71. The van der Waals surface area contributed by atoms with E-state index in [1.807, 2.05) is 12.1 Å². The molecule has 0 amide bonds. The smallest absolute Gasteiger partial charge is 0.417 e. The van der Waals surface area contributed by atoms with Crippen molar-refractivity contribution in [1.29, 1.82) is 0 Å². The van der Waals surface area contributed by atoms with Crippen LogP contribution in [0.1, 0.15) is 16.8 Å². The Morgan fingerprint density at radius 2 is 1.92 bits per heavy atom. The molecule has 14 heteroatoms. The van der Waals surface area contributed by atoms with Crippen LogP contribution in [0.15, 0.2) is 64.4 Å². The molecule has 0 atom stereocenters. The van der Waals surface area contributed by atoms with Crippen LogP contribution >= 0.6 is 0 Å². The quantitative estimate of drug-likeness (QED) is 0.363. The first kappa shape index (κ1) is 23.0. The SMILES string of the molecule is Cn1ncc(-c2nc(-c3ccc(Cn4cn[nH]c4=O)cc3)no2)c1COc1ccc(C(F)(F)F)cn1. The summed E-state index contributed by atoms with van der Waals surface area (Å²) in [7, 11) is 1.68. The number of nitrogens with zero attached hydrogens (tertiary/aromatic N) is 7. The van der Waals surface area contributed by atoms with Gasteiger partial charge in [-0.25, -0.2) is 14.9 Å². The van der Waals surface area contributed by atoms with Gasteiger partial charge in [-0.3, -0.25) is 9.25 Å². The number of ether oxygens (including phenoxy) is 1. The van der Waals surface area contributed by atoms with E-state index in [0.717, 1.165) is 17.7 Å². The molecule has 0 aliphatic heterocycles. The van der Waals surface area contributed by atoms with E-state index in [-0.39, 0.29) is 24.1 Å². The molecule has 36 heavy (non-hydrogen) atoms. The molecule has 0 fully saturated rings. The lowest BCUT2D eigenvalue weighted by Crippen LogP contribution is -2.16. The van der Waals surface area contributed by atoms with Crippen molar-refractivity contribution >= 4 is 0 Å². The maximum atomic E-state index is 12.7. The van der Waals surface area contributed by atoms with Gasteiger partial charge in [0.15, 0.2) is 0 Å². The molecular formula is C22H17F3N8O3. The molecule has 0 aliphatic rings. The highest BCUT2D eigenvalue weighted by Gasteiger charge is 2.30. The van der Waals surface area contributed by atoms with Crippen molar-refractivity contribution in [2.75, 3.05) is 0 Å². The molecule has 4 heterocycles. The van der Waals surface area contributed by atoms with Crippen molar-refractivity contribution in [2.24, 2.45) is 7.05 Å². The van der Waals surface area contributed by atoms with E-state index in [1.54, 1.807) is 19.2 Å². The van der Waals surface area contributed by atoms with Crippen molar-refractivity contribution in [3.05, 3.63) is 82.4 Å². The third-order valence-corrected chi connectivity index (χ3v) is 5.32. The summed E-state index contributed by atoms with van der Waals surface area (Å²) in [6.07, 6.45) is -0.815. The maximum Gasteiger partial charge on any atom is 0.417 e. The van der Waals surface area contributed by atoms with Gasteiger partial charge in [-0.1, -0.05) is 29.4 Å². The minimum Gasteiger partial charge on any atom is -0.471 e. The van der Waals surface area contributed by atoms with Crippen LogP contribution in [0, 0.1) is 0 Å². The number of aromatic nitrogens is 8. The standard InChI is InChI=1S/C22H17F3N8O3/c1-32-17(11-35-18-7-6-15(8-26-18)22(23,24)25)16(9-28-32)20-29-19(31-36-20)14-4-2-13(3-5-14)10-33-12-27-30-21(33)34/h2-9,12H,10-11H2,1H3,(H,30,34). The minimum absolute atomic E-state index is 0.0270. The Morgan fingerprint density at radius 3 is 2.58 bits per heavy atom. The van der Waals surface area contributed by atoms with Gasteiger partial charge in [0.05, 0.1) is 29.6 Å². The predicted octanol–water partition coefficient (Wildman–Crippen LogP) is 3.06. The van der Waals surface area contributed by atoms with Crippen molar-refractivity contribution in [3.63, 3.8) is 0 Å². The molecular weight excluding hydrogens is 481 g/mol. The van der Waals surface area contributed by atoms with Gasteiger partial charge in [0, 0.05) is 24.9 Å². The number of hydrogen-bond donors (Lipinski definition) is 1. The average Bonchev–Trinajstić information content (AvgIpc) is 3.59. The monoisotopic (exact) mass is 498 g/mol. The maximum absolute atomic E-state index is 12.7. The number of nitrogens with one attached hydrogen (secondary N) is 1. The Kier molecular flexibility index (Phi) is 5.83. The molecule has 0 radical (unpaired) electrons. The lowest BCUT2D eigenvalue weighted by molar-refractivity contribution is -0.137. The lowest BCUT2D eigenvalue weighted by atomic mass is 10.1. The molecule has 0 spiro atoms. The number of hydrogen-bond acceptors (Lipinski definition) is 8. The highest BCUT2D eigenvalue weighted by molar-refractivity contribution is 5.61. The van der Waals surface area contributed by atoms with Crippen LogP contribution in [0.5, 0.6) is 5.88 Å². The molecule has 0 saturated carbocycles. The van der Waals surface area contributed by atoms with Gasteiger partial charge in [0.1, 0.15) is 12.9 Å².